The maximum atomic E-state index is 10.2. The molecule has 0 spiro atoms. The number of allylic oxidation sites excluding steroid dienone is 1. The third kappa shape index (κ3) is 1.64. The molecular formula is C5H10N2O. The van der Waals surface area contributed by atoms with E-state index in [4.69, 9.17) is 11.5 Å². The van der Waals surface area contributed by atoms with Gasteiger partial charge in [-0.2, -0.15) is 0 Å². The maximum Gasteiger partial charge on any atom is 0.246 e. The quantitative estimate of drug-likeness (QED) is 0.460. The lowest BCUT2D eigenvalue weighted by atomic mass is 10.2. The van der Waals surface area contributed by atoms with Crippen molar-refractivity contribution in [2.45, 2.75) is 13.8 Å². The van der Waals surface area contributed by atoms with Crippen molar-refractivity contribution >= 4 is 5.91 Å². The highest BCUT2D eigenvalue weighted by molar-refractivity contribution is 5.91. The molecule has 3 heteroatoms. The Kier molecular flexibility index (Phi) is 2.06. The topological polar surface area (TPSA) is 69.1 Å². The summed E-state index contributed by atoms with van der Waals surface area (Å²) in [5.41, 5.74) is 11.0. The minimum Gasteiger partial charge on any atom is -0.402 e. The standard InChI is InChI=1S/C5H10N2O/c1-3(4(2)6)5(7)8/h6H2,1-2H3,(H2,7,8)/b4-3-. The number of primary amides is 1. The van der Waals surface area contributed by atoms with Crippen molar-refractivity contribution in [1.29, 1.82) is 0 Å². The smallest absolute Gasteiger partial charge is 0.246 e. The molecule has 0 fully saturated rings. The predicted molar refractivity (Wildman–Crippen MR) is 31.8 cm³/mol. The summed E-state index contributed by atoms with van der Waals surface area (Å²) in [5.74, 6) is -0.454. The van der Waals surface area contributed by atoms with Crippen LogP contribution in [0.3, 0.4) is 0 Å². The van der Waals surface area contributed by atoms with Crippen LogP contribution in [0.4, 0.5) is 0 Å². The molecule has 0 unspecified atom stereocenters. The molecular weight excluding hydrogens is 104 g/mol. The van der Waals surface area contributed by atoms with Crippen LogP contribution in [-0.2, 0) is 4.79 Å². The molecule has 4 N–H and O–H groups in total. The van der Waals surface area contributed by atoms with Gasteiger partial charge in [-0.05, 0) is 13.8 Å². The number of rotatable bonds is 1. The molecule has 1 amide bonds. The molecule has 3 nitrogen and oxygen atoms in total. The molecule has 8 heavy (non-hydrogen) atoms. The van der Waals surface area contributed by atoms with Crippen molar-refractivity contribution in [3.63, 3.8) is 0 Å². The Morgan fingerprint density at radius 1 is 1.25 bits per heavy atom. The lowest BCUT2D eigenvalue weighted by molar-refractivity contribution is -0.114. The van der Waals surface area contributed by atoms with Crippen LogP contribution in [0.5, 0.6) is 0 Å². The molecule has 0 aliphatic carbocycles. The van der Waals surface area contributed by atoms with Gasteiger partial charge in [-0.1, -0.05) is 0 Å². The van der Waals surface area contributed by atoms with E-state index in [0.717, 1.165) is 0 Å². The summed E-state index contributed by atoms with van der Waals surface area (Å²) in [6, 6.07) is 0. The van der Waals surface area contributed by atoms with Gasteiger partial charge in [0.1, 0.15) is 0 Å². The van der Waals surface area contributed by atoms with Crippen molar-refractivity contribution in [1.82, 2.24) is 0 Å². The normalized spacial score (nSPS) is 12.8. The number of carbonyl (C=O) groups is 1. The minimum atomic E-state index is -0.454. The molecule has 46 valence electrons. The summed E-state index contributed by atoms with van der Waals surface area (Å²) in [5, 5.41) is 0. The molecule has 0 heterocycles. The van der Waals surface area contributed by atoms with E-state index >= 15 is 0 Å². The van der Waals surface area contributed by atoms with Gasteiger partial charge in [0.15, 0.2) is 0 Å². The van der Waals surface area contributed by atoms with Crippen molar-refractivity contribution in [2.75, 3.05) is 0 Å². The second-order valence-corrected chi connectivity index (χ2v) is 1.67. The molecule has 0 atom stereocenters. The highest BCUT2D eigenvalue weighted by atomic mass is 16.1. The molecule has 0 rings (SSSR count). The van der Waals surface area contributed by atoms with Gasteiger partial charge >= 0.3 is 0 Å². The highest BCUT2D eigenvalue weighted by Gasteiger charge is 1.97. The molecule has 0 aromatic rings. The van der Waals surface area contributed by atoms with Gasteiger partial charge < -0.3 is 11.5 Å². The minimum absolute atomic E-state index is 0.435. The van der Waals surface area contributed by atoms with Crippen LogP contribution in [0.15, 0.2) is 11.3 Å². The Bertz CT molecular complexity index is 133. The second-order valence-electron chi connectivity index (χ2n) is 1.67. The van der Waals surface area contributed by atoms with E-state index in [1.54, 1.807) is 13.8 Å². The first-order valence-corrected chi connectivity index (χ1v) is 2.28. The maximum absolute atomic E-state index is 10.2. The second kappa shape index (κ2) is 2.35. The Morgan fingerprint density at radius 2 is 1.62 bits per heavy atom. The Labute approximate surface area is 48.4 Å². The number of hydrogen-bond acceptors (Lipinski definition) is 2. The van der Waals surface area contributed by atoms with E-state index in [-0.39, 0.29) is 0 Å². The molecule has 0 bridgehead atoms. The van der Waals surface area contributed by atoms with Gasteiger partial charge in [0.25, 0.3) is 0 Å². The molecule has 0 aliphatic heterocycles. The summed E-state index contributed by atoms with van der Waals surface area (Å²) in [6.45, 7) is 3.23. The van der Waals surface area contributed by atoms with Gasteiger partial charge in [0.05, 0.1) is 0 Å². The van der Waals surface area contributed by atoms with Gasteiger partial charge in [-0.15, -0.1) is 0 Å². The zero-order chi connectivity index (χ0) is 6.73. The van der Waals surface area contributed by atoms with E-state index in [1.807, 2.05) is 0 Å². The van der Waals surface area contributed by atoms with Crippen molar-refractivity contribution < 1.29 is 4.79 Å². The zero-order valence-electron chi connectivity index (χ0n) is 5.06. The van der Waals surface area contributed by atoms with Crippen LogP contribution < -0.4 is 11.5 Å². The summed E-state index contributed by atoms with van der Waals surface area (Å²) < 4.78 is 0. The first-order chi connectivity index (χ1) is 3.55. The van der Waals surface area contributed by atoms with Crippen LogP contribution in [0, 0.1) is 0 Å². The fraction of sp³-hybridized carbons (Fsp3) is 0.400. The summed E-state index contributed by atoms with van der Waals surface area (Å²) in [6.07, 6.45) is 0. The van der Waals surface area contributed by atoms with Gasteiger partial charge in [-0.25, -0.2) is 0 Å². The third-order valence-electron chi connectivity index (χ3n) is 0.961. The van der Waals surface area contributed by atoms with E-state index in [0.29, 0.717) is 11.3 Å². The first-order valence-electron chi connectivity index (χ1n) is 2.28. The average molecular weight is 114 g/mol. The molecule has 0 aliphatic rings. The van der Waals surface area contributed by atoms with Crippen LogP contribution in [0.2, 0.25) is 0 Å². The van der Waals surface area contributed by atoms with E-state index in [2.05, 4.69) is 0 Å². The van der Waals surface area contributed by atoms with Crippen molar-refractivity contribution in [3.05, 3.63) is 11.3 Å². The van der Waals surface area contributed by atoms with Crippen LogP contribution >= 0.6 is 0 Å². The number of nitrogens with two attached hydrogens (primary N) is 2. The van der Waals surface area contributed by atoms with E-state index < -0.39 is 5.91 Å². The number of hydrogen-bond donors (Lipinski definition) is 2. The molecule has 0 saturated heterocycles. The average Bonchev–Trinajstić information content (AvgIpc) is 1.64. The highest BCUT2D eigenvalue weighted by Crippen LogP contribution is 1.92. The van der Waals surface area contributed by atoms with Crippen molar-refractivity contribution in [2.24, 2.45) is 11.5 Å². The fourth-order valence-electron chi connectivity index (χ4n) is 0.194. The summed E-state index contributed by atoms with van der Waals surface area (Å²) in [7, 11) is 0. The molecule has 0 saturated carbocycles. The molecule has 0 aromatic carbocycles. The first kappa shape index (κ1) is 7.01. The molecule has 0 radical (unpaired) electrons. The van der Waals surface area contributed by atoms with E-state index in [1.165, 1.54) is 0 Å². The number of amides is 1. The number of carbonyl (C=O) groups excluding carboxylic acids is 1. The third-order valence-corrected chi connectivity index (χ3v) is 0.961. The lowest BCUT2D eigenvalue weighted by Crippen LogP contribution is -2.15. The molecule has 0 aromatic heterocycles. The SMILES string of the molecule is C/C(N)=C(\C)C(N)=O. The predicted octanol–water partition coefficient (Wildman–Crippen LogP) is -0.276. The van der Waals surface area contributed by atoms with Crippen molar-refractivity contribution in [3.8, 4) is 0 Å². The van der Waals surface area contributed by atoms with Crippen LogP contribution in [0.25, 0.3) is 0 Å². The Balaban J connectivity index is 4.23. The Hall–Kier alpha value is -0.990. The lowest BCUT2D eigenvalue weighted by Gasteiger charge is -1.94. The van der Waals surface area contributed by atoms with Crippen LogP contribution in [-0.4, -0.2) is 5.91 Å². The van der Waals surface area contributed by atoms with Crippen LogP contribution in [0.1, 0.15) is 13.8 Å². The van der Waals surface area contributed by atoms with E-state index in [9.17, 15) is 4.79 Å². The van der Waals surface area contributed by atoms with Gasteiger partial charge in [0, 0.05) is 11.3 Å². The summed E-state index contributed by atoms with van der Waals surface area (Å²) in [4.78, 5) is 10.2. The summed E-state index contributed by atoms with van der Waals surface area (Å²) >= 11 is 0. The fourth-order valence-corrected chi connectivity index (χ4v) is 0.194. The Morgan fingerprint density at radius 3 is 1.62 bits per heavy atom. The van der Waals surface area contributed by atoms with Gasteiger partial charge in [-0.3, -0.25) is 4.79 Å². The van der Waals surface area contributed by atoms with Gasteiger partial charge in [0.2, 0.25) is 5.91 Å². The zero-order valence-corrected chi connectivity index (χ0v) is 5.06. The largest absolute Gasteiger partial charge is 0.402 e. The monoisotopic (exact) mass is 114 g/mol.